The van der Waals surface area contributed by atoms with Crippen molar-refractivity contribution >= 4 is 5.91 Å². The Morgan fingerprint density at radius 1 is 1.15 bits per heavy atom. The SMILES string of the molecule is CCC(Oc1ccc(C(F)(F)F)nn1)C1CC(C)CN1C(=O)c1ccccc1-n1nccn1. The third-order valence-electron chi connectivity index (χ3n) is 5.62. The third kappa shape index (κ3) is 4.81. The molecule has 0 bridgehead atoms. The molecule has 4 rings (SSSR count). The highest BCUT2D eigenvalue weighted by molar-refractivity contribution is 5.98. The van der Waals surface area contributed by atoms with Crippen LogP contribution in [0.3, 0.4) is 0 Å². The van der Waals surface area contributed by atoms with Crippen molar-refractivity contribution in [1.82, 2.24) is 30.1 Å². The van der Waals surface area contributed by atoms with Gasteiger partial charge in [-0.25, -0.2) is 0 Å². The molecule has 3 unspecified atom stereocenters. The van der Waals surface area contributed by atoms with Gasteiger partial charge in [-0.15, -0.1) is 10.2 Å². The molecule has 1 aliphatic rings. The van der Waals surface area contributed by atoms with Crippen molar-refractivity contribution in [3.05, 3.63) is 60.0 Å². The number of alkyl halides is 3. The van der Waals surface area contributed by atoms with Gasteiger partial charge in [0, 0.05) is 12.6 Å². The Hall–Kier alpha value is -3.50. The first-order valence-corrected chi connectivity index (χ1v) is 10.6. The Labute approximate surface area is 188 Å². The smallest absolute Gasteiger partial charge is 0.435 e. The zero-order valence-corrected chi connectivity index (χ0v) is 18.1. The summed E-state index contributed by atoms with van der Waals surface area (Å²) in [5.74, 6) is 0.0334. The highest BCUT2D eigenvalue weighted by Gasteiger charge is 2.40. The minimum atomic E-state index is -4.57. The van der Waals surface area contributed by atoms with Crippen molar-refractivity contribution in [2.24, 2.45) is 5.92 Å². The van der Waals surface area contributed by atoms with Gasteiger partial charge >= 0.3 is 6.18 Å². The first kappa shape index (κ1) is 22.7. The van der Waals surface area contributed by atoms with Gasteiger partial charge in [0.15, 0.2) is 5.69 Å². The van der Waals surface area contributed by atoms with Crippen LogP contribution >= 0.6 is 0 Å². The molecule has 1 fully saturated rings. The summed E-state index contributed by atoms with van der Waals surface area (Å²) in [7, 11) is 0. The second kappa shape index (κ2) is 9.16. The van der Waals surface area contributed by atoms with Crippen LogP contribution in [0.2, 0.25) is 0 Å². The number of carbonyl (C=O) groups excluding carboxylic acids is 1. The van der Waals surface area contributed by atoms with Crippen molar-refractivity contribution in [2.45, 2.75) is 45.0 Å². The van der Waals surface area contributed by atoms with E-state index in [1.807, 2.05) is 13.8 Å². The summed E-state index contributed by atoms with van der Waals surface area (Å²) in [6, 6.07) is 8.79. The molecule has 1 aromatic carbocycles. The van der Waals surface area contributed by atoms with Crippen LogP contribution in [0.4, 0.5) is 13.2 Å². The second-order valence-corrected chi connectivity index (χ2v) is 8.02. The van der Waals surface area contributed by atoms with Gasteiger partial charge in [0.1, 0.15) is 6.10 Å². The number of carbonyl (C=O) groups is 1. The summed E-state index contributed by atoms with van der Waals surface area (Å²) in [5, 5.41) is 15.1. The minimum absolute atomic E-state index is 0.0112. The molecule has 0 N–H and O–H groups in total. The Morgan fingerprint density at radius 2 is 1.88 bits per heavy atom. The van der Waals surface area contributed by atoms with Crippen molar-refractivity contribution in [3.63, 3.8) is 0 Å². The van der Waals surface area contributed by atoms with Gasteiger partial charge in [-0.1, -0.05) is 26.0 Å². The van der Waals surface area contributed by atoms with E-state index < -0.39 is 18.0 Å². The van der Waals surface area contributed by atoms with Crippen molar-refractivity contribution in [1.29, 1.82) is 0 Å². The molecular formula is C22H23F3N6O2. The van der Waals surface area contributed by atoms with Crippen LogP contribution in [0.15, 0.2) is 48.8 Å². The number of amides is 1. The maximum Gasteiger partial charge on any atom is 0.435 e. The normalized spacial score (nSPS) is 19.5. The first-order valence-electron chi connectivity index (χ1n) is 10.6. The Bertz CT molecular complexity index is 1090. The molecule has 3 atom stereocenters. The lowest BCUT2D eigenvalue weighted by atomic mass is 10.0. The third-order valence-corrected chi connectivity index (χ3v) is 5.62. The zero-order chi connectivity index (χ0) is 23.6. The lowest BCUT2D eigenvalue weighted by Gasteiger charge is -2.31. The van der Waals surface area contributed by atoms with Crippen LogP contribution in [-0.4, -0.2) is 54.7 Å². The van der Waals surface area contributed by atoms with Gasteiger partial charge in [0.05, 0.1) is 29.7 Å². The summed E-state index contributed by atoms with van der Waals surface area (Å²) in [5.41, 5.74) is -0.0663. The fraction of sp³-hybridized carbons (Fsp3) is 0.409. The summed E-state index contributed by atoms with van der Waals surface area (Å²) in [6.45, 7) is 4.48. The molecule has 33 heavy (non-hydrogen) atoms. The fourth-order valence-electron chi connectivity index (χ4n) is 4.12. The topological polar surface area (TPSA) is 86.0 Å². The average molecular weight is 460 g/mol. The number of ether oxygens (including phenoxy) is 1. The molecule has 3 heterocycles. The lowest BCUT2D eigenvalue weighted by Crippen LogP contribution is -2.45. The predicted molar refractivity (Wildman–Crippen MR) is 112 cm³/mol. The van der Waals surface area contributed by atoms with E-state index in [4.69, 9.17) is 4.74 Å². The summed E-state index contributed by atoms with van der Waals surface area (Å²) >= 11 is 0. The van der Waals surface area contributed by atoms with E-state index in [0.717, 1.165) is 12.1 Å². The Balaban J connectivity index is 1.58. The zero-order valence-electron chi connectivity index (χ0n) is 18.1. The molecule has 0 saturated carbocycles. The monoisotopic (exact) mass is 460 g/mol. The van der Waals surface area contributed by atoms with Crippen LogP contribution in [0.5, 0.6) is 5.88 Å². The summed E-state index contributed by atoms with van der Waals surface area (Å²) in [4.78, 5) is 16.8. The molecule has 174 valence electrons. The fourth-order valence-corrected chi connectivity index (χ4v) is 4.12. The lowest BCUT2D eigenvalue weighted by molar-refractivity contribution is -0.141. The highest BCUT2D eigenvalue weighted by atomic mass is 19.4. The number of hydrogen-bond donors (Lipinski definition) is 0. The molecule has 11 heteroatoms. The van der Waals surface area contributed by atoms with E-state index in [2.05, 4.69) is 20.4 Å². The number of likely N-dealkylation sites (tertiary alicyclic amines) is 1. The van der Waals surface area contributed by atoms with Gasteiger partial charge in [-0.3, -0.25) is 4.79 Å². The molecule has 1 saturated heterocycles. The van der Waals surface area contributed by atoms with Gasteiger partial charge in [0.2, 0.25) is 5.88 Å². The van der Waals surface area contributed by atoms with E-state index in [0.29, 0.717) is 30.6 Å². The van der Waals surface area contributed by atoms with Gasteiger partial charge in [0.25, 0.3) is 5.91 Å². The first-order chi connectivity index (χ1) is 15.8. The molecule has 8 nitrogen and oxygen atoms in total. The number of benzene rings is 1. The van der Waals surface area contributed by atoms with Crippen molar-refractivity contribution < 1.29 is 22.7 Å². The minimum Gasteiger partial charge on any atom is -0.471 e. The Morgan fingerprint density at radius 3 is 2.52 bits per heavy atom. The number of para-hydroxylation sites is 1. The summed E-state index contributed by atoms with van der Waals surface area (Å²) in [6.07, 6.45) is -0.731. The number of aromatic nitrogens is 5. The van der Waals surface area contributed by atoms with Crippen LogP contribution < -0.4 is 4.74 Å². The van der Waals surface area contributed by atoms with E-state index in [-0.39, 0.29) is 23.7 Å². The van der Waals surface area contributed by atoms with Crippen molar-refractivity contribution in [2.75, 3.05) is 6.54 Å². The van der Waals surface area contributed by atoms with Crippen molar-refractivity contribution in [3.8, 4) is 11.6 Å². The van der Waals surface area contributed by atoms with Gasteiger partial charge in [-0.2, -0.15) is 28.2 Å². The highest BCUT2D eigenvalue weighted by Crippen LogP contribution is 2.32. The standard InChI is InChI=1S/C22H23F3N6O2/c1-3-18(33-20-9-8-19(28-29-20)22(23,24)25)17-12-14(2)13-30(17)21(32)15-6-4-5-7-16(15)31-26-10-11-27-31/h4-11,14,17-18H,3,12-13H2,1-2H3. The van der Waals surface area contributed by atoms with E-state index in [9.17, 15) is 18.0 Å². The van der Waals surface area contributed by atoms with E-state index in [1.165, 1.54) is 17.2 Å². The molecule has 1 amide bonds. The molecule has 0 aliphatic carbocycles. The average Bonchev–Trinajstić information content (AvgIpc) is 3.47. The van der Waals surface area contributed by atoms with Crippen LogP contribution in [-0.2, 0) is 6.18 Å². The molecule has 1 aliphatic heterocycles. The van der Waals surface area contributed by atoms with Gasteiger partial charge in [-0.05, 0) is 37.0 Å². The van der Waals surface area contributed by atoms with E-state index in [1.54, 1.807) is 29.2 Å². The summed E-state index contributed by atoms with van der Waals surface area (Å²) < 4.78 is 44.2. The number of halogens is 3. The maximum absolute atomic E-state index is 13.6. The predicted octanol–water partition coefficient (Wildman–Crippen LogP) is 3.78. The Kier molecular flexibility index (Phi) is 6.30. The van der Waals surface area contributed by atoms with Crippen LogP contribution in [0.25, 0.3) is 5.69 Å². The molecule has 0 radical (unpaired) electrons. The number of rotatable bonds is 6. The number of nitrogens with zero attached hydrogens (tertiary/aromatic N) is 6. The molecule has 3 aromatic rings. The van der Waals surface area contributed by atoms with Crippen LogP contribution in [0, 0.1) is 5.92 Å². The van der Waals surface area contributed by atoms with E-state index >= 15 is 0 Å². The molecule has 2 aromatic heterocycles. The van der Waals surface area contributed by atoms with Gasteiger partial charge < -0.3 is 9.64 Å². The largest absolute Gasteiger partial charge is 0.471 e. The number of hydrogen-bond acceptors (Lipinski definition) is 6. The molecule has 0 spiro atoms. The molecular weight excluding hydrogens is 437 g/mol. The maximum atomic E-state index is 13.6. The quantitative estimate of drug-likeness (QED) is 0.557. The second-order valence-electron chi connectivity index (χ2n) is 8.02. The van der Waals surface area contributed by atoms with Crippen LogP contribution in [0.1, 0.15) is 42.7 Å².